The summed E-state index contributed by atoms with van der Waals surface area (Å²) < 4.78 is 57.0. The van der Waals surface area contributed by atoms with Gasteiger partial charge in [0.05, 0.1) is 118 Å². The van der Waals surface area contributed by atoms with Gasteiger partial charge in [0.1, 0.15) is 0 Å². The minimum atomic E-state index is -0.241. The second-order valence-corrected chi connectivity index (χ2v) is 30.2. The van der Waals surface area contributed by atoms with Crippen LogP contribution in [0, 0.1) is 13.8 Å². The fourth-order valence-corrected chi connectivity index (χ4v) is 15.8. The number of azide groups is 2. The van der Waals surface area contributed by atoms with Crippen LogP contribution in [-0.4, -0.2) is 144 Å². The number of aromatic nitrogens is 2. The van der Waals surface area contributed by atoms with Crippen LogP contribution in [0.2, 0.25) is 0 Å². The Hall–Kier alpha value is -9.33. The fraction of sp³-hybridized carbons (Fsp3) is 0.250. The van der Waals surface area contributed by atoms with E-state index in [9.17, 15) is 28.8 Å². The monoisotopic (exact) mass is 1880 g/mol. The number of carbonyl (C=O) groups excluding carboxylic acids is 6. The molecule has 617 valence electrons. The third-order valence-corrected chi connectivity index (χ3v) is 22.5. The first-order chi connectivity index (χ1) is 55.6. The van der Waals surface area contributed by atoms with E-state index in [-0.39, 0.29) is 93.7 Å². The summed E-state index contributed by atoms with van der Waals surface area (Å²) >= 11 is 15.6. The van der Waals surface area contributed by atoms with Crippen molar-refractivity contribution >= 4 is 183 Å². The number of nitrogens with one attached hydrogen (secondary N) is 2. The van der Waals surface area contributed by atoms with Crippen LogP contribution in [0.15, 0.2) is 160 Å². The first-order valence-electron chi connectivity index (χ1n) is 33.8. The number of hydrogen-bond acceptors (Lipinski definition) is 24. The number of likely N-dealkylation sites (tertiary alicyclic amines) is 1. The van der Waals surface area contributed by atoms with E-state index in [1.165, 1.54) is 140 Å². The number of benzene rings is 4. The van der Waals surface area contributed by atoms with Gasteiger partial charge in [-0.05, 0) is 235 Å². The molecule has 4 aromatic carbocycles. The van der Waals surface area contributed by atoms with Gasteiger partial charge in [-0.2, -0.15) is 11.3 Å². The normalized spacial score (nSPS) is 10.3. The van der Waals surface area contributed by atoms with Crippen LogP contribution in [0.5, 0.6) is 57.5 Å². The van der Waals surface area contributed by atoms with Crippen LogP contribution in [-0.2, 0) is 11.2 Å². The molecule has 3 radical (unpaired) electrons. The smallest absolute Gasteiger partial charge is 1.00 e. The summed E-state index contributed by atoms with van der Waals surface area (Å²) in [6.07, 6.45) is 10.0. The minimum absolute atomic E-state index is 0. The van der Waals surface area contributed by atoms with Crippen molar-refractivity contribution < 1.29 is 137 Å². The quantitative estimate of drug-likeness (QED) is 0.0114. The standard InChI is InChI=1S/C16H15N3O4S.C16H15NO4S.C16H17NO2S.C11H14O3.C6H11NO.C5H3BrOS.C5H3N3OS.C4H3BrS.CH4.B.N3.2Na.H/c1-21-13-8-10(9-14(22-2)16(13)23-3)12(20)4-5-15-11(18-19-17)6-7-24-15;1-19-12-6-9(7-13(20-2)16(12)21-3)15(18)11-8-14-10(17-11)4-5-22-14;1-10-6-11(8-14(18-2)16(10)19-3)7-12-9-15-13(17-12)4-5-20-15;1-7-5-9(8(2)12)6-10(13-3)11(7)14-4;8-6-7-4-2-1-3-5-7;6-4-1-2-8-5(4)3-7;6-8-7-4-1-2-10-5(4)3-9;5-4-1-2-6-3-4;;;1-3-2;;;/h4-9H,1-3H3;4-8,17H,1-3H3;4-6,8-9,17H,7H2,1-3H3;5-6H,1-4H3;6H,1-5H2;1-3H;1-3H;1-3H;1H4;;;;;/q;;;;;;;;;;-1;2*+1;-1/b5-4+;;;;;;;;;;;;;. The number of aryl methyl sites for hydroxylation is 2. The Morgan fingerprint density at radius 1 is 0.521 bits per heavy atom. The third-order valence-electron chi connectivity index (χ3n) is 15.8. The zero-order chi connectivity index (χ0) is 84.4. The average molecular weight is 1880 g/mol. The summed E-state index contributed by atoms with van der Waals surface area (Å²) in [5.74, 6) is 5.13. The van der Waals surface area contributed by atoms with E-state index in [1.54, 1.807) is 128 Å². The minimum Gasteiger partial charge on any atom is -1.00 e. The Kier molecular flexibility index (Phi) is 53.0. The number of halogens is 2. The maximum Gasteiger partial charge on any atom is 1.00 e. The zero-order valence-corrected chi connectivity index (χ0v) is 79.3. The second kappa shape index (κ2) is 58.6. The number of hydrogen-bond donors (Lipinski definition) is 2. The van der Waals surface area contributed by atoms with Crippen molar-refractivity contribution in [3.05, 3.63) is 246 Å². The number of piperidine rings is 1. The predicted octanol–water partition coefficient (Wildman–Crippen LogP) is 17.7. The Morgan fingerprint density at radius 2 is 0.958 bits per heavy atom. The molecule has 0 bridgehead atoms. The van der Waals surface area contributed by atoms with Gasteiger partial charge in [-0.15, -0.1) is 56.7 Å². The van der Waals surface area contributed by atoms with Gasteiger partial charge in [0.25, 0.3) is 0 Å². The van der Waals surface area contributed by atoms with Gasteiger partial charge in [0.15, 0.2) is 70.1 Å². The molecule has 28 nitrogen and oxygen atoms in total. The molecule has 0 atom stereocenters. The molecular weight excluding hydrogens is 1790 g/mol. The van der Waals surface area contributed by atoms with Gasteiger partial charge in [-0.25, -0.2) is 0 Å². The molecule has 1 aliphatic rings. The van der Waals surface area contributed by atoms with Crippen molar-refractivity contribution in [3.8, 4) is 57.5 Å². The topological polar surface area (TPSA) is 386 Å². The van der Waals surface area contributed by atoms with E-state index < -0.39 is 0 Å². The molecule has 9 heterocycles. The maximum absolute atomic E-state index is 12.7. The molecule has 13 rings (SSSR count). The maximum atomic E-state index is 12.7. The van der Waals surface area contributed by atoms with E-state index in [1.807, 2.05) is 70.6 Å². The second-order valence-electron chi connectivity index (χ2n) is 23.0. The molecule has 0 saturated carbocycles. The summed E-state index contributed by atoms with van der Waals surface area (Å²) in [6.45, 7) is 7.40. The van der Waals surface area contributed by atoms with Crippen molar-refractivity contribution in [1.82, 2.24) is 14.9 Å². The van der Waals surface area contributed by atoms with Crippen molar-refractivity contribution in [3.63, 3.8) is 0 Å². The number of methoxy groups -OCH3 is 10. The van der Waals surface area contributed by atoms with E-state index >= 15 is 0 Å². The van der Waals surface area contributed by atoms with E-state index in [4.69, 9.17) is 69.5 Å². The largest absolute Gasteiger partial charge is 1.00 e. The number of aromatic amines is 2. The summed E-state index contributed by atoms with van der Waals surface area (Å²) in [5.41, 5.74) is 39.6. The number of ether oxygens (including phenoxy) is 10. The van der Waals surface area contributed by atoms with Crippen molar-refractivity contribution in [2.24, 2.45) is 10.2 Å². The Labute approximate surface area is 778 Å². The third kappa shape index (κ3) is 33.3. The first kappa shape index (κ1) is 108. The first-order valence-corrected chi connectivity index (χ1v) is 40.7. The number of amides is 1. The van der Waals surface area contributed by atoms with E-state index in [0.717, 1.165) is 74.4 Å². The van der Waals surface area contributed by atoms with Gasteiger partial charge in [-0.3, -0.25) is 33.7 Å². The number of Topliss-reactive ketones (excluding diaryl/α,β-unsaturated/α-hetero) is 1. The molecule has 1 aliphatic heterocycles. The van der Waals surface area contributed by atoms with Gasteiger partial charge < -0.3 is 74.7 Å². The molecule has 0 aliphatic carbocycles. The Morgan fingerprint density at radius 3 is 1.36 bits per heavy atom. The zero-order valence-electron chi connectivity index (χ0n) is 68.2. The predicted molar refractivity (Wildman–Crippen MR) is 479 cm³/mol. The van der Waals surface area contributed by atoms with Crippen LogP contribution < -0.4 is 106 Å². The molecule has 0 spiro atoms. The Balaban J connectivity index is 0.00000138. The van der Waals surface area contributed by atoms with E-state index in [0.29, 0.717) is 95.8 Å². The molecule has 2 N–H and O–H groups in total. The van der Waals surface area contributed by atoms with Crippen LogP contribution in [0.1, 0.15) is 118 Å². The number of thiophene rings is 6. The molecular formula is C80H86BBr2N12Na2O16S6. The van der Waals surface area contributed by atoms with Gasteiger partial charge in [-0.1, -0.05) is 23.7 Å². The van der Waals surface area contributed by atoms with Crippen LogP contribution in [0.3, 0.4) is 0 Å². The molecule has 8 aromatic heterocycles. The van der Waals surface area contributed by atoms with Crippen molar-refractivity contribution in [1.29, 1.82) is 0 Å². The number of allylic oxidation sites excluding steroid dienone is 1. The summed E-state index contributed by atoms with van der Waals surface area (Å²) in [7, 11) is 15.5. The molecule has 12 aromatic rings. The number of rotatable bonds is 23. The van der Waals surface area contributed by atoms with Crippen LogP contribution in [0.25, 0.3) is 63.4 Å². The van der Waals surface area contributed by atoms with Gasteiger partial charge in [0, 0.05) is 79.3 Å². The number of aldehydes is 2. The molecule has 1 amide bonds. The van der Waals surface area contributed by atoms with Crippen molar-refractivity contribution in [2.45, 2.75) is 53.9 Å². The summed E-state index contributed by atoms with van der Waals surface area (Å²) in [5, 5.41) is 20.4. The molecule has 1 saturated heterocycles. The SMILES string of the molecule is Brc1ccsc1.C.COc1cc(C(=O)/C=C/c2sccc2N=[N+]=[N-])cc(OC)c1OC.COc1cc(C(=O)c2cc3sccc3[nH]2)cc(OC)c1OC.COc1cc(C(C)=O)cc(C)c1OC.COc1cc(Cc2cc3sccc3[nH]2)cc(C)c1OC.O=CN1CCCCC1.O=Cc1sccc1Br.[B].[H-].[N-]=[N+]=Nc1ccsc1C=O.[N-]=[N+]=[N-].[Na+].[Na+]. The molecule has 1 fully saturated rings. The molecule has 39 heteroatoms. The van der Waals surface area contributed by atoms with E-state index in [2.05, 4.69) is 85.5 Å². The van der Waals surface area contributed by atoms with Crippen molar-refractivity contribution in [2.75, 3.05) is 84.2 Å². The average Bonchev–Trinajstić information content (AvgIpc) is 1.54. The number of ketones is 3. The number of carbonyl (C=O) groups is 6. The summed E-state index contributed by atoms with van der Waals surface area (Å²) in [4.78, 5) is 83.7. The molecule has 0 unspecified atom stereocenters. The summed E-state index contributed by atoms with van der Waals surface area (Å²) in [6, 6.07) is 29.4. The number of H-pyrrole nitrogens is 2. The van der Waals surface area contributed by atoms with Gasteiger partial charge in [0.2, 0.25) is 23.7 Å². The van der Waals surface area contributed by atoms with Crippen LogP contribution in [0.4, 0.5) is 11.4 Å². The Bertz CT molecular complexity index is 5240. The fourth-order valence-electron chi connectivity index (χ4n) is 10.5. The van der Waals surface area contributed by atoms with Crippen LogP contribution >= 0.6 is 99.9 Å². The molecule has 119 heavy (non-hydrogen) atoms. The van der Waals surface area contributed by atoms with Gasteiger partial charge >= 0.3 is 59.1 Å². The number of fused-ring (bicyclic) bond motifs is 2. The number of nitrogens with zero attached hydrogens (tertiary/aromatic N) is 10.